The maximum atomic E-state index is 11.0. The first-order chi connectivity index (χ1) is 7.11. The largest absolute Gasteiger partial charge is 0.477 e. The number of carboxylic acids is 1. The molecule has 0 aliphatic rings. The monoisotopic (exact) mass is 206 g/mol. The molecule has 0 atom stereocenters. The van der Waals surface area contributed by atoms with Crippen LogP contribution in [0.15, 0.2) is 6.07 Å². The SMILES string of the molecule is CCc1cc(C(=O)O)n2nc(C)nc2n1. The fourth-order valence-corrected chi connectivity index (χ4v) is 1.35. The Morgan fingerprint density at radius 3 is 2.87 bits per heavy atom. The number of carbonyl (C=O) groups is 1. The van der Waals surface area contributed by atoms with Gasteiger partial charge in [-0.25, -0.2) is 9.78 Å². The zero-order valence-corrected chi connectivity index (χ0v) is 8.43. The smallest absolute Gasteiger partial charge is 0.354 e. The second-order valence-electron chi connectivity index (χ2n) is 3.16. The third-order valence-electron chi connectivity index (χ3n) is 2.05. The molecule has 0 unspecified atom stereocenters. The highest BCUT2D eigenvalue weighted by Gasteiger charge is 2.13. The van der Waals surface area contributed by atoms with E-state index in [9.17, 15) is 4.79 Å². The van der Waals surface area contributed by atoms with E-state index in [4.69, 9.17) is 5.11 Å². The van der Waals surface area contributed by atoms with Crippen molar-refractivity contribution in [3.8, 4) is 0 Å². The Kier molecular flexibility index (Phi) is 2.11. The summed E-state index contributed by atoms with van der Waals surface area (Å²) in [6.07, 6.45) is 0.669. The Morgan fingerprint density at radius 1 is 1.53 bits per heavy atom. The summed E-state index contributed by atoms with van der Waals surface area (Å²) in [5, 5.41) is 13.0. The van der Waals surface area contributed by atoms with Crippen molar-refractivity contribution in [1.29, 1.82) is 0 Å². The van der Waals surface area contributed by atoms with Crippen LogP contribution in [0.2, 0.25) is 0 Å². The summed E-state index contributed by atoms with van der Waals surface area (Å²) < 4.78 is 1.25. The molecule has 0 aromatic carbocycles. The number of rotatable bonds is 2. The molecule has 0 aliphatic carbocycles. The normalized spacial score (nSPS) is 10.8. The van der Waals surface area contributed by atoms with Crippen molar-refractivity contribution in [2.45, 2.75) is 20.3 Å². The van der Waals surface area contributed by atoms with E-state index in [1.165, 1.54) is 10.6 Å². The van der Waals surface area contributed by atoms with E-state index in [2.05, 4.69) is 15.1 Å². The molecule has 0 bridgehead atoms. The van der Waals surface area contributed by atoms with E-state index in [1.54, 1.807) is 6.92 Å². The summed E-state index contributed by atoms with van der Waals surface area (Å²) in [5.41, 5.74) is 0.796. The second-order valence-corrected chi connectivity index (χ2v) is 3.16. The van der Waals surface area contributed by atoms with Crippen LogP contribution in [-0.2, 0) is 6.42 Å². The Morgan fingerprint density at radius 2 is 2.27 bits per heavy atom. The first-order valence-electron chi connectivity index (χ1n) is 4.58. The summed E-state index contributed by atoms with van der Waals surface area (Å²) in [7, 11) is 0. The average Bonchev–Trinajstić information content (AvgIpc) is 2.55. The predicted octanol–water partition coefficient (Wildman–Crippen LogP) is 0.693. The zero-order valence-electron chi connectivity index (χ0n) is 8.43. The Hall–Kier alpha value is -1.98. The minimum absolute atomic E-state index is 0.0949. The molecular weight excluding hydrogens is 196 g/mol. The van der Waals surface area contributed by atoms with E-state index in [1.807, 2.05) is 6.92 Å². The molecule has 15 heavy (non-hydrogen) atoms. The number of hydrogen-bond donors (Lipinski definition) is 1. The van der Waals surface area contributed by atoms with Crippen LogP contribution in [0.3, 0.4) is 0 Å². The Balaban J connectivity index is 2.79. The van der Waals surface area contributed by atoms with Crippen LogP contribution in [0.5, 0.6) is 0 Å². The molecule has 78 valence electrons. The summed E-state index contributed by atoms with van der Waals surface area (Å²) in [4.78, 5) is 19.2. The van der Waals surface area contributed by atoms with Gasteiger partial charge in [0.1, 0.15) is 5.82 Å². The summed E-state index contributed by atoms with van der Waals surface area (Å²) in [6.45, 7) is 3.61. The van der Waals surface area contributed by atoms with Crippen molar-refractivity contribution in [2.75, 3.05) is 0 Å². The molecule has 2 aromatic heterocycles. The number of nitrogens with zero attached hydrogens (tertiary/aromatic N) is 4. The zero-order chi connectivity index (χ0) is 11.0. The fourth-order valence-electron chi connectivity index (χ4n) is 1.35. The minimum atomic E-state index is -1.03. The lowest BCUT2D eigenvalue weighted by Gasteiger charge is -2.00. The number of aromatic nitrogens is 4. The minimum Gasteiger partial charge on any atom is -0.477 e. The molecule has 2 aromatic rings. The molecule has 0 fully saturated rings. The van der Waals surface area contributed by atoms with Gasteiger partial charge in [0, 0.05) is 5.69 Å². The van der Waals surface area contributed by atoms with Crippen LogP contribution in [0.1, 0.15) is 28.9 Å². The molecule has 0 saturated heterocycles. The van der Waals surface area contributed by atoms with Crippen LogP contribution >= 0.6 is 0 Å². The molecule has 0 saturated carbocycles. The first kappa shape index (κ1) is 9.57. The molecule has 0 aliphatic heterocycles. The van der Waals surface area contributed by atoms with Crippen molar-refractivity contribution >= 4 is 11.7 Å². The number of fused-ring (bicyclic) bond motifs is 1. The number of hydrogen-bond acceptors (Lipinski definition) is 4. The van der Waals surface area contributed by atoms with Gasteiger partial charge in [-0.1, -0.05) is 6.92 Å². The maximum Gasteiger partial charge on any atom is 0.354 e. The van der Waals surface area contributed by atoms with Gasteiger partial charge in [-0.2, -0.15) is 9.50 Å². The van der Waals surface area contributed by atoms with E-state index in [-0.39, 0.29) is 5.69 Å². The molecule has 2 rings (SSSR count). The quantitative estimate of drug-likeness (QED) is 0.782. The number of carboxylic acid groups (broad SMARTS) is 1. The van der Waals surface area contributed by atoms with Crippen molar-refractivity contribution in [3.05, 3.63) is 23.3 Å². The van der Waals surface area contributed by atoms with Gasteiger partial charge < -0.3 is 5.11 Å². The van der Waals surface area contributed by atoms with E-state index in [0.29, 0.717) is 23.7 Å². The highest BCUT2D eigenvalue weighted by Crippen LogP contribution is 2.07. The lowest BCUT2D eigenvalue weighted by Crippen LogP contribution is -2.09. The van der Waals surface area contributed by atoms with Gasteiger partial charge in [-0.15, -0.1) is 5.10 Å². The van der Waals surface area contributed by atoms with Gasteiger partial charge >= 0.3 is 5.97 Å². The van der Waals surface area contributed by atoms with E-state index >= 15 is 0 Å². The standard InChI is InChI=1S/C9H10N4O2/c1-3-6-4-7(8(14)15)13-9(11-6)10-5(2)12-13/h4H,3H2,1-2H3,(H,14,15). The highest BCUT2D eigenvalue weighted by atomic mass is 16.4. The Bertz CT molecular complexity index is 532. The van der Waals surface area contributed by atoms with Gasteiger partial charge in [-0.3, -0.25) is 0 Å². The molecule has 0 radical (unpaired) electrons. The summed E-state index contributed by atoms with van der Waals surface area (Å²) in [6, 6.07) is 1.52. The molecule has 2 heterocycles. The van der Waals surface area contributed by atoms with Crippen LogP contribution in [0.4, 0.5) is 0 Å². The van der Waals surface area contributed by atoms with E-state index < -0.39 is 5.97 Å². The highest BCUT2D eigenvalue weighted by molar-refractivity contribution is 5.86. The lowest BCUT2D eigenvalue weighted by atomic mass is 10.3. The predicted molar refractivity (Wildman–Crippen MR) is 51.9 cm³/mol. The van der Waals surface area contributed by atoms with Gasteiger partial charge in [0.25, 0.3) is 5.78 Å². The van der Waals surface area contributed by atoms with Gasteiger partial charge in [0.05, 0.1) is 0 Å². The number of aryl methyl sites for hydroxylation is 2. The van der Waals surface area contributed by atoms with Crippen LogP contribution in [-0.4, -0.2) is 30.7 Å². The summed E-state index contributed by atoms with van der Waals surface area (Å²) in [5.74, 6) is -0.176. The van der Waals surface area contributed by atoms with Crippen molar-refractivity contribution in [1.82, 2.24) is 19.6 Å². The van der Waals surface area contributed by atoms with Crippen LogP contribution in [0, 0.1) is 6.92 Å². The summed E-state index contributed by atoms with van der Waals surface area (Å²) >= 11 is 0. The molecule has 0 spiro atoms. The second kappa shape index (κ2) is 3.30. The van der Waals surface area contributed by atoms with Crippen LogP contribution in [0.25, 0.3) is 5.78 Å². The lowest BCUT2D eigenvalue weighted by molar-refractivity contribution is 0.0687. The third-order valence-corrected chi connectivity index (χ3v) is 2.05. The Labute approximate surface area is 85.6 Å². The fraction of sp³-hybridized carbons (Fsp3) is 0.333. The topological polar surface area (TPSA) is 80.4 Å². The van der Waals surface area contributed by atoms with Crippen molar-refractivity contribution < 1.29 is 9.90 Å². The maximum absolute atomic E-state index is 11.0. The van der Waals surface area contributed by atoms with Crippen LogP contribution < -0.4 is 0 Å². The van der Waals surface area contributed by atoms with E-state index in [0.717, 1.165) is 0 Å². The van der Waals surface area contributed by atoms with Gasteiger partial charge in [0.2, 0.25) is 0 Å². The molecule has 0 amide bonds. The van der Waals surface area contributed by atoms with Crippen molar-refractivity contribution in [2.24, 2.45) is 0 Å². The molecule has 6 nitrogen and oxygen atoms in total. The molecule has 1 N–H and O–H groups in total. The number of aromatic carboxylic acids is 1. The van der Waals surface area contributed by atoms with Gasteiger partial charge in [-0.05, 0) is 19.4 Å². The first-order valence-corrected chi connectivity index (χ1v) is 4.58. The molecular formula is C9H10N4O2. The van der Waals surface area contributed by atoms with Crippen molar-refractivity contribution in [3.63, 3.8) is 0 Å². The van der Waals surface area contributed by atoms with Gasteiger partial charge in [0.15, 0.2) is 5.69 Å². The average molecular weight is 206 g/mol. The third kappa shape index (κ3) is 1.54. The molecule has 6 heteroatoms.